The molecule has 1 fully saturated rings. The topological polar surface area (TPSA) is 73.7 Å². The van der Waals surface area contributed by atoms with Gasteiger partial charge in [0.15, 0.2) is 0 Å². The Hall–Kier alpha value is -1.60. The third-order valence-electron chi connectivity index (χ3n) is 3.05. The lowest BCUT2D eigenvalue weighted by Crippen LogP contribution is -2.51. The van der Waals surface area contributed by atoms with E-state index in [0.29, 0.717) is 12.2 Å². The fraction of sp³-hybridized carbons (Fsp3) is 0.500. The molecule has 19 heavy (non-hydrogen) atoms. The number of alkyl halides is 2. The van der Waals surface area contributed by atoms with Crippen molar-refractivity contribution in [1.29, 1.82) is 0 Å². The van der Waals surface area contributed by atoms with E-state index in [2.05, 4.69) is 4.98 Å². The Bertz CT molecular complexity index is 482. The number of likely N-dealkylation sites (tertiary alicyclic amines) is 1. The lowest BCUT2D eigenvalue weighted by Gasteiger charge is -2.35. The number of nitrogens with zero attached hydrogens (tertiary/aromatic N) is 2. The zero-order chi connectivity index (χ0) is 14.0. The van der Waals surface area contributed by atoms with Crippen LogP contribution in [0.1, 0.15) is 22.6 Å². The number of aliphatic hydroxyl groups excluding tert-OH is 1. The van der Waals surface area contributed by atoms with Crippen LogP contribution in [0.4, 0.5) is 8.78 Å². The van der Waals surface area contributed by atoms with Crippen molar-refractivity contribution in [3.05, 3.63) is 29.6 Å². The van der Waals surface area contributed by atoms with Crippen LogP contribution in [0.15, 0.2) is 18.2 Å². The van der Waals surface area contributed by atoms with Gasteiger partial charge in [0.1, 0.15) is 11.8 Å². The van der Waals surface area contributed by atoms with Crippen molar-refractivity contribution in [3.63, 3.8) is 0 Å². The number of rotatable bonds is 3. The molecule has 1 atom stereocenters. The van der Waals surface area contributed by atoms with Crippen LogP contribution in [0.2, 0.25) is 0 Å². The maximum Gasteiger partial charge on any atom is 0.354 e. The van der Waals surface area contributed by atoms with Crippen LogP contribution in [0.25, 0.3) is 0 Å². The van der Waals surface area contributed by atoms with Gasteiger partial charge in [-0.2, -0.15) is 0 Å². The minimum atomic E-state index is -3.14. The Morgan fingerprint density at radius 2 is 2.26 bits per heavy atom. The zero-order valence-corrected chi connectivity index (χ0v) is 10.1. The van der Waals surface area contributed by atoms with E-state index in [0.717, 1.165) is 0 Å². The van der Waals surface area contributed by atoms with E-state index in [1.807, 2.05) is 0 Å². The molecule has 1 saturated heterocycles. The highest BCUT2D eigenvalue weighted by Crippen LogP contribution is 2.27. The largest absolute Gasteiger partial charge is 0.477 e. The Morgan fingerprint density at radius 1 is 1.53 bits per heavy atom. The van der Waals surface area contributed by atoms with Gasteiger partial charge in [-0.25, -0.2) is 18.6 Å². The second kappa shape index (κ2) is 5.18. The molecule has 2 N–H and O–H groups in total. The molecular weight excluding hydrogens is 258 g/mol. The van der Waals surface area contributed by atoms with E-state index in [1.165, 1.54) is 17.0 Å². The molecule has 0 radical (unpaired) electrons. The first-order chi connectivity index (χ1) is 8.88. The Balaban J connectivity index is 2.05. The molecule has 2 heterocycles. The van der Waals surface area contributed by atoms with E-state index >= 15 is 0 Å². The molecule has 1 aliphatic heterocycles. The Labute approximate surface area is 108 Å². The predicted octanol–water partition coefficient (Wildman–Crippen LogP) is 0.982. The van der Waals surface area contributed by atoms with Gasteiger partial charge in [0, 0.05) is 13.1 Å². The molecule has 0 saturated carbocycles. The molecule has 0 spiro atoms. The zero-order valence-electron chi connectivity index (χ0n) is 10.1. The number of piperidine rings is 1. The highest BCUT2D eigenvalue weighted by atomic mass is 19.3. The smallest absolute Gasteiger partial charge is 0.354 e. The summed E-state index contributed by atoms with van der Waals surface area (Å²) in [5, 5.41) is 18.0. The summed E-state index contributed by atoms with van der Waals surface area (Å²) in [6.45, 7) is -0.0771. The van der Waals surface area contributed by atoms with Gasteiger partial charge >= 0.3 is 5.97 Å². The van der Waals surface area contributed by atoms with E-state index in [9.17, 15) is 13.6 Å². The summed E-state index contributed by atoms with van der Waals surface area (Å²) >= 11 is 0. The summed E-state index contributed by atoms with van der Waals surface area (Å²) in [6.07, 6.45) is -1.62. The Kier molecular flexibility index (Phi) is 3.77. The number of hydrogen-bond acceptors (Lipinski definition) is 4. The van der Waals surface area contributed by atoms with Crippen LogP contribution in [0.5, 0.6) is 0 Å². The van der Waals surface area contributed by atoms with Crippen molar-refractivity contribution < 1.29 is 23.8 Å². The number of hydrogen-bond donors (Lipinski definition) is 2. The van der Waals surface area contributed by atoms with Gasteiger partial charge in [0.25, 0.3) is 5.92 Å². The number of carbonyl (C=O) groups is 1. The number of carboxylic acids is 1. The average molecular weight is 272 g/mol. The normalized spacial score (nSPS) is 23.2. The summed E-state index contributed by atoms with van der Waals surface area (Å²) in [6, 6.07) is 4.47. The highest BCUT2D eigenvalue weighted by Gasteiger charge is 2.43. The fourth-order valence-electron chi connectivity index (χ4n) is 2.05. The molecule has 7 heteroatoms. The Morgan fingerprint density at radius 3 is 2.89 bits per heavy atom. The predicted molar refractivity (Wildman–Crippen MR) is 62.0 cm³/mol. The summed E-state index contributed by atoms with van der Waals surface area (Å²) in [4.78, 5) is 16.1. The minimum absolute atomic E-state index is 0.00831. The van der Waals surface area contributed by atoms with Crippen molar-refractivity contribution >= 4 is 5.97 Å². The van der Waals surface area contributed by atoms with Crippen LogP contribution < -0.4 is 0 Å². The van der Waals surface area contributed by atoms with Gasteiger partial charge in [-0.15, -0.1) is 0 Å². The number of halogens is 2. The molecule has 0 bridgehead atoms. The van der Waals surface area contributed by atoms with Crippen LogP contribution in [0, 0.1) is 0 Å². The van der Waals surface area contributed by atoms with E-state index in [-0.39, 0.29) is 18.7 Å². The van der Waals surface area contributed by atoms with E-state index in [1.54, 1.807) is 6.07 Å². The SMILES string of the molecule is O=C(O)c1cccc(CN2CCC(O)C(F)(F)C2)n1. The first-order valence-electron chi connectivity index (χ1n) is 5.86. The van der Waals surface area contributed by atoms with Gasteiger partial charge in [-0.1, -0.05) is 6.07 Å². The van der Waals surface area contributed by atoms with Crippen LogP contribution in [-0.4, -0.2) is 51.2 Å². The van der Waals surface area contributed by atoms with Crippen molar-refractivity contribution in [2.75, 3.05) is 13.1 Å². The summed E-state index contributed by atoms with van der Waals surface area (Å²) in [5.41, 5.74) is 0.313. The number of aromatic nitrogens is 1. The molecule has 104 valence electrons. The molecule has 0 amide bonds. The van der Waals surface area contributed by atoms with Gasteiger partial charge < -0.3 is 10.2 Å². The number of carboxylic acid groups (broad SMARTS) is 1. The molecule has 0 aromatic carbocycles. The molecule has 1 unspecified atom stereocenters. The third-order valence-corrected chi connectivity index (χ3v) is 3.05. The monoisotopic (exact) mass is 272 g/mol. The van der Waals surface area contributed by atoms with Gasteiger partial charge in [-0.3, -0.25) is 4.90 Å². The van der Waals surface area contributed by atoms with E-state index in [4.69, 9.17) is 10.2 Å². The molecule has 0 aliphatic carbocycles. The van der Waals surface area contributed by atoms with Gasteiger partial charge in [0.2, 0.25) is 0 Å². The summed E-state index contributed by atoms with van der Waals surface area (Å²) in [7, 11) is 0. The van der Waals surface area contributed by atoms with Crippen molar-refractivity contribution in [2.24, 2.45) is 0 Å². The number of aliphatic hydroxyl groups is 1. The fourth-order valence-corrected chi connectivity index (χ4v) is 2.05. The standard InChI is InChI=1S/C12H14F2N2O3/c13-12(14)7-16(5-4-10(12)17)6-8-2-1-3-9(15-8)11(18)19/h1-3,10,17H,4-7H2,(H,18,19). The molecule has 2 rings (SSSR count). The quantitative estimate of drug-likeness (QED) is 0.858. The van der Waals surface area contributed by atoms with Crippen molar-refractivity contribution in [2.45, 2.75) is 25.0 Å². The number of pyridine rings is 1. The first kappa shape index (κ1) is 13.8. The molecule has 1 aromatic rings. The van der Waals surface area contributed by atoms with Crippen molar-refractivity contribution in [1.82, 2.24) is 9.88 Å². The second-order valence-electron chi connectivity index (χ2n) is 4.60. The summed E-state index contributed by atoms with van der Waals surface area (Å²) in [5.74, 6) is -4.29. The van der Waals surface area contributed by atoms with Crippen LogP contribution >= 0.6 is 0 Å². The third kappa shape index (κ3) is 3.24. The molecule has 1 aromatic heterocycles. The van der Waals surface area contributed by atoms with Gasteiger partial charge in [0.05, 0.1) is 12.2 Å². The molecular formula is C12H14F2N2O3. The maximum atomic E-state index is 13.4. The van der Waals surface area contributed by atoms with Crippen LogP contribution in [0.3, 0.4) is 0 Å². The summed E-state index contributed by atoms with van der Waals surface area (Å²) < 4.78 is 26.7. The van der Waals surface area contributed by atoms with Gasteiger partial charge in [-0.05, 0) is 18.6 Å². The maximum absolute atomic E-state index is 13.4. The minimum Gasteiger partial charge on any atom is -0.477 e. The second-order valence-corrected chi connectivity index (χ2v) is 4.60. The lowest BCUT2D eigenvalue weighted by atomic mass is 10.0. The first-order valence-corrected chi connectivity index (χ1v) is 5.86. The lowest BCUT2D eigenvalue weighted by molar-refractivity contribution is -0.151. The highest BCUT2D eigenvalue weighted by molar-refractivity contribution is 5.85. The number of aromatic carboxylic acids is 1. The average Bonchev–Trinajstić information content (AvgIpc) is 2.34. The van der Waals surface area contributed by atoms with E-state index < -0.39 is 24.5 Å². The van der Waals surface area contributed by atoms with Crippen LogP contribution in [-0.2, 0) is 6.54 Å². The van der Waals surface area contributed by atoms with Crippen molar-refractivity contribution in [3.8, 4) is 0 Å². The molecule has 5 nitrogen and oxygen atoms in total. The molecule has 1 aliphatic rings.